The predicted molar refractivity (Wildman–Crippen MR) is 67.0 cm³/mol. The van der Waals surface area contributed by atoms with E-state index in [9.17, 15) is 4.79 Å². The molecule has 0 aromatic carbocycles. The van der Waals surface area contributed by atoms with Crippen LogP contribution >= 0.6 is 0 Å². The molecule has 0 bridgehead atoms. The molecule has 0 radical (unpaired) electrons. The Kier molecular flexibility index (Phi) is 11.2. The van der Waals surface area contributed by atoms with Gasteiger partial charge in [-0.25, -0.2) is 0 Å². The van der Waals surface area contributed by atoms with Crippen LogP contribution in [0.4, 0.5) is 0 Å². The Morgan fingerprint density at radius 2 is 1.67 bits per heavy atom. The number of rotatable bonds is 1. The van der Waals surface area contributed by atoms with Gasteiger partial charge in [0, 0.05) is 26.1 Å². The first-order valence-electron chi connectivity index (χ1n) is 6.03. The van der Waals surface area contributed by atoms with Crippen LogP contribution in [0.3, 0.4) is 0 Å². The van der Waals surface area contributed by atoms with E-state index in [0.29, 0.717) is 6.04 Å². The van der Waals surface area contributed by atoms with Crippen molar-refractivity contribution in [3.8, 4) is 0 Å². The van der Waals surface area contributed by atoms with E-state index in [-0.39, 0.29) is 5.91 Å². The van der Waals surface area contributed by atoms with Crippen molar-refractivity contribution in [3.63, 3.8) is 0 Å². The quantitative estimate of drug-likeness (QED) is 0.671. The van der Waals surface area contributed by atoms with E-state index in [1.54, 1.807) is 6.92 Å². The number of carbonyl (C=O) groups is 1. The lowest BCUT2D eigenvalue weighted by Crippen LogP contribution is -2.33. The fraction of sp³-hybridized carbons (Fsp3) is 0.917. The van der Waals surface area contributed by atoms with Crippen LogP contribution in [-0.2, 0) is 4.79 Å². The number of hydrogen-bond acceptors (Lipinski definition) is 2. The lowest BCUT2D eigenvalue weighted by Gasteiger charge is -2.19. The van der Waals surface area contributed by atoms with Crippen LogP contribution in [0.1, 0.15) is 41.0 Å². The van der Waals surface area contributed by atoms with Gasteiger partial charge in [-0.2, -0.15) is 0 Å². The molecule has 1 aliphatic heterocycles. The highest BCUT2D eigenvalue weighted by Gasteiger charge is 2.24. The van der Waals surface area contributed by atoms with Crippen LogP contribution in [0.15, 0.2) is 0 Å². The summed E-state index contributed by atoms with van der Waals surface area (Å²) in [4.78, 5) is 15.0. The van der Waals surface area contributed by atoms with Crippen molar-refractivity contribution in [1.82, 2.24) is 9.80 Å². The highest BCUT2D eigenvalue weighted by molar-refractivity contribution is 5.73. The number of likely N-dealkylation sites (tertiary alicyclic amines) is 1. The van der Waals surface area contributed by atoms with Crippen LogP contribution in [0.25, 0.3) is 0 Å². The van der Waals surface area contributed by atoms with Gasteiger partial charge in [-0.15, -0.1) is 0 Å². The zero-order chi connectivity index (χ0) is 12.4. The third-order valence-corrected chi connectivity index (χ3v) is 2.34. The lowest BCUT2D eigenvalue weighted by molar-refractivity contribution is -0.127. The first-order valence-corrected chi connectivity index (χ1v) is 6.03. The number of amides is 1. The molecule has 15 heavy (non-hydrogen) atoms. The molecule has 1 atom stereocenters. The van der Waals surface area contributed by atoms with E-state index < -0.39 is 0 Å². The summed E-state index contributed by atoms with van der Waals surface area (Å²) in [6.45, 7) is 11.5. The minimum atomic E-state index is 0.203. The second-order valence-corrected chi connectivity index (χ2v) is 3.37. The fourth-order valence-electron chi connectivity index (χ4n) is 1.45. The standard InChI is InChI=1S/C8H16N2O.2C2H6/c1-7(11)10-5-4-8(6-10)9(2)3;2*1-2/h8H,4-6H2,1-3H3;2*1-2H3. The molecule has 3 heteroatoms. The SMILES string of the molecule is CC.CC.CC(=O)N1CCC(N(C)C)C1. The van der Waals surface area contributed by atoms with Crippen LogP contribution in [0.5, 0.6) is 0 Å². The molecule has 1 aliphatic rings. The van der Waals surface area contributed by atoms with Crippen molar-refractivity contribution >= 4 is 5.91 Å². The molecule has 0 N–H and O–H groups in total. The number of hydrogen-bond donors (Lipinski definition) is 0. The van der Waals surface area contributed by atoms with Crippen molar-refractivity contribution in [2.24, 2.45) is 0 Å². The van der Waals surface area contributed by atoms with E-state index >= 15 is 0 Å². The Morgan fingerprint density at radius 1 is 1.20 bits per heavy atom. The normalized spacial score (nSPS) is 18.9. The Bertz CT molecular complexity index is 158. The molecule has 0 aliphatic carbocycles. The van der Waals surface area contributed by atoms with Gasteiger partial charge in [-0.3, -0.25) is 4.79 Å². The maximum atomic E-state index is 10.9. The Labute approximate surface area is 95.4 Å². The van der Waals surface area contributed by atoms with Gasteiger partial charge in [0.1, 0.15) is 0 Å². The average Bonchev–Trinajstić information content (AvgIpc) is 2.73. The van der Waals surface area contributed by atoms with Crippen LogP contribution in [0.2, 0.25) is 0 Å². The second-order valence-electron chi connectivity index (χ2n) is 3.37. The largest absolute Gasteiger partial charge is 0.341 e. The third-order valence-electron chi connectivity index (χ3n) is 2.34. The molecule has 0 aromatic heterocycles. The maximum Gasteiger partial charge on any atom is 0.219 e. The van der Waals surface area contributed by atoms with Crippen molar-refractivity contribution in [3.05, 3.63) is 0 Å². The first-order chi connectivity index (χ1) is 7.11. The highest BCUT2D eigenvalue weighted by Crippen LogP contribution is 2.12. The highest BCUT2D eigenvalue weighted by atomic mass is 16.2. The summed E-state index contributed by atoms with van der Waals surface area (Å²) in [5.41, 5.74) is 0. The van der Waals surface area contributed by atoms with Crippen LogP contribution in [0, 0.1) is 0 Å². The fourth-order valence-corrected chi connectivity index (χ4v) is 1.45. The summed E-state index contributed by atoms with van der Waals surface area (Å²) in [5.74, 6) is 0.203. The topological polar surface area (TPSA) is 23.6 Å². The summed E-state index contributed by atoms with van der Waals surface area (Å²) < 4.78 is 0. The summed E-state index contributed by atoms with van der Waals surface area (Å²) in [6, 6.07) is 0.568. The zero-order valence-electron chi connectivity index (χ0n) is 11.5. The Hall–Kier alpha value is -0.570. The van der Waals surface area contributed by atoms with Gasteiger partial charge in [-0.05, 0) is 20.5 Å². The van der Waals surface area contributed by atoms with Crippen molar-refractivity contribution in [2.75, 3.05) is 27.2 Å². The minimum absolute atomic E-state index is 0.203. The first kappa shape index (κ1) is 16.8. The van der Waals surface area contributed by atoms with Crippen molar-refractivity contribution in [1.29, 1.82) is 0 Å². The minimum Gasteiger partial charge on any atom is -0.341 e. The number of likely N-dealkylation sites (N-methyl/N-ethyl adjacent to an activating group) is 1. The molecular weight excluding hydrogens is 188 g/mol. The molecule has 0 aromatic rings. The van der Waals surface area contributed by atoms with Gasteiger partial charge in [0.25, 0.3) is 0 Å². The van der Waals surface area contributed by atoms with Crippen molar-refractivity contribution in [2.45, 2.75) is 47.1 Å². The Morgan fingerprint density at radius 3 is 1.87 bits per heavy atom. The van der Waals surface area contributed by atoms with Gasteiger partial charge in [0.05, 0.1) is 0 Å². The van der Waals surface area contributed by atoms with E-state index in [1.807, 2.05) is 32.6 Å². The molecule has 1 heterocycles. The van der Waals surface area contributed by atoms with Gasteiger partial charge < -0.3 is 9.80 Å². The molecule has 3 nitrogen and oxygen atoms in total. The molecule has 1 fully saturated rings. The monoisotopic (exact) mass is 216 g/mol. The molecule has 1 rings (SSSR count). The molecule has 1 saturated heterocycles. The molecule has 1 amide bonds. The maximum absolute atomic E-state index is 10.9. The zero-order valence-corrected chi connectivity index (χ0v) is 11.5. The smallest absolute Gasteiger partial charge is 0.219 e. The van der Waals surface area contributed by atoms with Crippen LogP contribution < -0.4 is 0 Å². The summed E-state index contributed by atoms with van der Waals surface area (Å²) in [6.07, 6.45) is 1.12. The molecular formula is C12H28N2O. The third kappa shape index (κ3) is 6.50. The Balaban J connectivity index is 0. The summed E-state index contributed by atoms with van der Waals surface area (Å²) in [7, 11) is 4.13. The van der Waals surface area contributed by atoms with E-state index in [1.165, 1.54) is 0 Å². The van der Waals surface area contributed by atoms with Gasteiger partial charge in [0.15, 0.2) is 0 Å². The van der Waals surface area contributed by atoms with Gasteiger partial charge >= 0.3 is 0 Å². The van der Waals surface area contributed by atoms with Gasteiger partial charge in [-0.1, -0.05) is 27.7 Å². The van der Waals surface area contributed by atoms with Crippen LogP contribution in [-0.4, -0.2) is 48.9 Å². The summed E-state index contributed by atoms with van der Waals surface area (Å²) >= 11 is 0. The summed E-state index contributed by atoms with van der Waals surface area (Å²) in [5, 5.41) is 0. The molecule has 1 unspecified atom stereocenters. The number of carbonyl (C=O) groups excluding carboxylic acids is 1. The molecule has 0 saturated carbocycles. The van der Waals surface area contributed by atoms with E-state index in [4.69, 9.17) is 0 Å². The number of nitrogens with zero attached hydrogens (tertiary/aromatic N) is 2. The second kappa shape index (κ2) is 9.97. The average molecular weight is 216 g/mol. The van der Waals surface area contributed by atoms with E-state index in [0.717, 1.165) is 19.5 Å². The molecule has 0 spiro atoms. The lowest BCUT2D eigenvalue weighted by atomic mass is 10.2. The predicted octanol–water partition coefficient (Wildman–Crippen LogP) is 2.22. The van der Waals surface area contributed by atoms with Gasteiger partial charge in [0.2, 0.25) is 5.91 Å². The van der Waals surface area contributed by atoms with Crippen molar-refractivity contribution < 1.29 is 4.79 Å². The molecule has 92 valence electrons. The van der Waals surface area contributed by atoms with E-state index in [2.05, 4.69) is 19.0 Å².